The average molecular weight is 377 g/mol. The van der Waals surface area contributed by atoms with Gasteiger partial charge in [-0.1, -0.05) is 19.9 Å². The van der Waals surface area contributed by atoms with Crippen molar-refractivity contribution in [3.05, 3.63) is 29.3 Å². The Hall–Kier alpha value is -1.92. The number of rotatable bonds is 8. The molecule has 1 aromatic rings. The van der Waals surface area contributed by atoms with Crippen LogP contribution in [0.4, 0.5) is 5.69 Å². The Morgan fingerprint density at radius 2 is 1.96 bits per heavy atom. The molecule has 1 aliphatic rings. The summed E-state index contributed by atoms with van der Waals surface area (Å²) in [5.41, 5.74) is 2.92. The highest BCUT2D eigenvalue weighted by atomic mass is 16.6. The smallest absolute Gasteiger partial charge is 0.335 e. The summed E-state index contributed by atoms with van der Waals surface area (Å²) in [6, 6.07) is 5.69. The number of hydrogen-bond donors (Lipinski definition) is 1. The summed E-state index contributed by atoms with van der Waals surface area (Å²) >= 11 is 0. The lowest BCUT2D eigenvalue weighted by Crippen LogP contribution is -2.39. The third-order valence-electron chi connectivity index (χ3n) is 4.77. The molecule has 3 unspecified atom stereocenters. The molecule has 27 heavy (non-hydrogen) atoms. The fraction of sp³-hybridized carbons (Fsp3) is 0.619. The van der Waals surface area contributed by atoms with Crippen molar-refractivity contribution in [3.8, 4) is 0 Å². The minimum Gasteiger partial charge on any atom is -0.450 e. The summed E-state index contributed by atoms with van der Waals surface area (Å²) in [6.45, 7) is 10.4. The van der Waals surface area contributed by atoms with E-state index in [4.69, 9.17) is 14.2 Å². The number of carbonyl (C=O) groups excluding carboxylic acids is 2. The molecule has 6 heteroatoms. The molecular formula is C21H31NO5. The van der Waals surface area contributed by atoms with Gasteiger partial charge in [0.15, 0.2) is 12.2 Å². The third kappa shape index (κ3) is 6.33. The van der Waals surface area contributed by atoms with Crippen molar-refractivity contribution in [2.75, 3.05) is 18.5 Å². The molecule has 0 spiro atoms. The molecular weight excluding hydrogens is 346 g/mol. The number of aryl methyl sites for hydroxylation is 2. The van der Waals surface area contributed by atoms with Crippen molar-refractivity contribution in [2.24, 2.45) is 5.92 Å². The summed E-state index contributed by atoms with van der Waals surface area (Å²) in [6.07, 6.45) is 0.363. The Kier molecular flexibility index (Phi) is 7.80. The second kappa shape index (κ2) is 9.85. The maximum atomic E-state index is 12.6. The first-order chi connectivity index (χ1) is 12.8. The van der Waals surface area contributed by atoms with Crippen molar-refractivity contribution in [1.82, 2.24) is 0 Å². The van der Waals surface area contributed by atoms with Gasteiger partial charge >= 0.3 is 5.97 Å². The standard InChI is InChI=1S/C21H31NO5/c1-13(2)19(20(23)22-17-9-8-14(3)15(4)11-17)27-21(24)16(5)26-12-18-7-6-10-25-18/h8-9,11,13,16,18-19H,6-7,10,12H2,1-5H3,(H,22,23). The average Bonchev–Trinajstić information content (AvgIpc) is 3.13. The second-order valence-electron chi connectivity index (χ2n) is 7.50. The first-order valence-electron chi connectivity index (χ1n) is 9.59. The van der Waals surface area contributed by atoms with Crippen LogP contribution in [0, 0.1) is 19.8 Å². The zero-order chi connectivity index (χ0) is 20.0. The van der Waals surface area contributed by atoms with Gasteiger partial charge in [0.25, 0.3) is 5.91 Å². The minimum absolute atomic E-state index is 0.0363. The van der Waals surface area contributed by atoms with Crippen molar-refractivity contribution < 1.29 is 23.8 Å². The van der Waals surface area contributed by atoms with Gasteiger partial charge in [-0.05, 0) is 62.8 Å². The van der Waals surface area contributed by atoms with Crippen LogP contribution in [0.3, 0.4) is 0 Å². The molecule has 1 saturated heterocycles. The van der Waals surface area contributed by atoms with Gasteiger partial charge < -0.3 is 19.5 Å². The Labute approximate surface area is 161 Å². The van der Waals surface area contributed by atoms with Crippen LogP contribution in [0.2, 0.25) is 0 Å². The summed E-state index contributed by atoms with van der Waals surface area (Å²) in [7, 11) is 0. The lowest BCUT2D eigenvalue weighted by atomic mass is 10.1. The summed E-state index contributed by atoms with van der Waals surface area (Å²) < 4.78 is 16.5. The van der Waals surface area contributed by atoms with Crippen molar-refractivity contribution >= 4 is 17.6 Å². The Morgan fingerprint density at radius 1 is 1.22 bits per heavy atom. The molecule has 0 aromatic heterocycles. The van der Waals surface area contributed by atoms with E-state index in [0.29, 0.717) is 12.3 Å². The van der Waals surface area contributed by atoms with Crippen LogP contribution in [0.1, 0.15) is 44.7 Å². The predicted molar refractivity (Wildman–Crippen MR) is 104 cm³/mol. The highest BCUT2D eigenvalue weighted by Gasteiger charge is 2.29. The van der Waals surface area contributed by atoms with E-state index in [9.17, 15) is 9.59 Å². The molecule has 2 rings (SSSR count). The largest absolute Gasteiger partial charge is 0.450 e. The molecule has 3 atom stereocenters. The number of carbonyl (C=O) groups is 2. The number of benzene rings is 1. The quantitative estimate of drug-likeness (QED) is 0.703. The third-order valence-corrected chi connectivity index (χ3v) is 4.77. The molecule has 1 heterocycles. The van der Waals surface area contributed by atoms with Gasteiger partial charge in [-0.2, -0.15) is 0 Å². The number of esters is 1. The maximum Gasteiger partial charge on any atom is 0.335 e. The Bertz CT molecular complexity index is 652. The van der Waals surface area contributed by atoms with Crippen molar-refractivity contribution in [3.63, 3.8) is 0 Å². The number of amides is 1. The lowest BCUT2D eigenvalue weighted by Gasteiger charge is -2.23. The molecule has 1 aliphatic heterocycles. The first-order valence-corrected chi connectivity index (χ1v) is 9.59. The van der Waals surface area contributed by atoms with Gasteiger partial charge in [0.2, 0.25) is 0 Å². The fourth-order valence-corrected chi connectivity index (χ4v) is 2.84. The Morgan fingerprint density at radius 3 is 2.56 bits per heavy atom. The van der Waals surface area contributed by atoms with Gasteiger partial charge in [0, 0.05) is 12.3 Å². The van der Waals surface area contributed by atoms with Crippen LogP contribution in [0.15, 0.2) is 18.2 Å². The molecule has 0 saturated carbocycles. The summed E-state index contributed by atoms with van der Waals surface area (Å²) in [5, 5.41) is 2.84. The van der Waals surface area contributed by atoms with Crippen LogP contribution in [0.25, 0.3) is 0 Å². The van der Waals surface area contributed by atoms with E-state index in [1.807, 2.05) is 45.9 Å². The van der Waals surface area contributed by atoms with E-state index in [0.717, 1.165) is 30.6 Å². The molecule has 0 radical (unpaired) electrons. The molecule has 0 aliphatic carbocycles. The SMILES string of the molecule is Cc1ccc(NC(=O)C(OC(=O)C(C)OCC2CCCO2)C(C)C)cc1C. The molecule has 6 nitrogen and oxygen atoms in total. The van der Waals surface area contributed by atoms with Gasteiger partial charge in [-0.25, -0.2) is 4.79 Å². The normalized spacial score (nSPS) is 19.0. The second-order valence-corrected chi connectivity index (χ2v) is 7.50. The summed E-state index contributed by atoms with van der Waals surface area (Å²) in [4.78, 5) is 25.0. The number of anilines is 1. The van der Waals surface area contributed by atoms with E-state index < -0.39 is 18.2 Å². The zero-order valence-electron chi connectivity index (χ0n) is 16.9. The number of nitrogens with one attached hydrogen (secondary N) is 1. The van der Waals surface area contributed by atoms with Gasteiger partial charge in [-0.15, -0.1) is 0 Å². The van der Waals surface area contributed by atoms with Crippen LogP contribution in [0.5, 0.6) is 0 Å². The number of hydrogen-bond acceptors (Lipinski definition) is 5. The van der Waals surface area contributed by atoms with Crippen LogP contribution < -0.4 is 5.32 Å². The van der Waals surface area contributed by atoms with Crippen LogP contribution in [-0.4, -0.2) is 43.4 Å². The van der Waals surface area contributed by atoms with E-state index in [1.165, 1.54) is 0 Å². The predicted octanol–water partition coefficient (Wildman–Crippen LogP) is 3.39. The molecule has 1 fully saturated rings. The highest BCUT2D eigenvalue weighted by molar-refractivity contribution is 5.95. The number of ether oxygens (including phenoxy) is 3. The topological polar surface area (TPSA) is 73.9 Å². The van der Waals surface area contributed by atoms with Gasteiger partial charge in [0.1, 0.15) is 0 Å². The monoisotopic (exact) mass is 377 g/mol. The molecule has 1 aromatic carbocycles. The van der Waals surface area contributed by atoms with Crippen molar-refractivity contribution in [2.45, 2.75) is 65.8 Å². The van der Waals surface area contributed by atoms with Crippen molar-refractivity contribution in [1.29, 1.82) is 0 Å². The molecule has 0 bridgehead atoms. The van der Waals surface area contributed by atoms with E-state index >= 15 is 0 Å². The molecule has 1 N–H and O–H groups in total. The Balaban J connectivity index is 1.91. The first kappa shape index (κ1) is 21.4. The van der Waals surface area contributed by atoms with Gasteiger partial charge in [0.05, 0.1) is 12.7 Å². The van der Waals surface area contributed by atoms with Crippen LogP contribution in [-0.2, 0) is 23.8 Å². The zero-order valence-corrected chi connectivity index (χ0v) is 16.9. The highest BCUT2D eigenvalue weighted by Crippen LogP contribution is 2.17. The fourth-order valence-electron chi connectivity index (χ4n) is 2.84. The van der Waals surface area contributed by atoms with E-state index in [2.05, 4.69) is 5.32 Å². The minimum atomic E-state index is -0.882. The molecule has 150 valence electrons. The summed E-state index contributed by atoms with van der Waals surface area (Å²) in [5.74, 6) is -1.04. The molecule has 1 amide bonds. The van der Waals surface area contributed by atoms with Gasteiger partial charge in [-0.3, -0.25) is 4.79 Å². The van der Waals surface area contributed by atoms with E-state index in [-0.39, 0.29) is 17.9 Å². The maximum absolute atomic E-state index is 12.6. The van der Waals surface area contributed by atoms with Crippen LogP contribution >= 0.6 is 0 Å². The van der Waals surface area contributed by atoms with E-state index in [1.54, 1.807) is 6.92 Å². The lowest BCUT2D eigenvalue weighted by molar-refractivity contribution is -0.168.